The van der Waals surface area contributed by atoms with Crippen molar-refractivity contribution in [1.29, 1.82) is 5.26 Å². The zero-order valence-corrected chi connectivity index (χ0v) is 11.4. The Morgan fingerprint density at radius 3 is 3.11 bits per heavy atom. The maximum atomic E-state index is 9.25. The van der Waals surface area contributed by atoms with Gasteiger partial charge in [0.25, 0.3) is 0 Å². The standard InChI is InChI=1S/C15H22N4/c16-10-15(17)8-3-4-12(15)7-9-19-11-18-13-5-1-2-6-14(13)19/h11-12H,1-9,17H2. The molecule has 0 saturated heterocycles. The van der Waals surface area contributed by atoms with E-state index in [-0.39, 0.29) is 0 Å². The van der Waals surface area contributed by atoms with E-state index in [9.17, 15) is 5.26 Å². The van der Waals surface area contributed by atoms with Crippen LogP contribution in [0.25, 0.3) is 0 Å². The van der Waals surface area contributed by atoms with Gasteiger partial charge >= 0.3 is 0 Å². The summed E-state index contributed by atoms with van der Waals surface area (Å²) in [5.74, 6) is 0.346. The Labute approximate surface area is 114 Å². The van der Waals surface area contributed by atoms with Gasteiger partial charge in [-0.15, -0.1) is 0 Å². The largest absolute Gasteiger partial charge is 0.334 e. The zero-order valence-electron chi connectivity index (χ0n) is 11.4. The minimum absolute atomic E-state index is 0.346. The number of rotatable bonds is 3. The summed E-state index contributed by atoms with van der Waals surface area (Å²) in [7, 11) is 0. The number of hydrogen-bond acceptors (Lipinski definition) is 3. The molecule has 2 aliphatic carbocycles. The fourth-order valence-corrected chi connectivity index (χ4v) is 3.67. The molecule has 1 fully saturated rings. The van der Waals surface area contributed by atoms with Crippen LogP contribution in [-0.4, -0.2) is 15.1 Å². The smallest absolute Gasteiger partial charge is 0.107 e. The second-order valence-corrected chi connectivity index (χ2v) is 6.07. The lowest BCUT2D eigenvalue weighted by atomic mass is 9.87. The van der Waals surface area contributed by atoms with E-state index in [1.54, 1.807) is 0 Å². The Morgan fingerprint density at radius 1 is 1.42 bits per heavy atom. The van der Waals surface area contributed by atoms with Gasteiger partial charge in [0.1, 0.15) is 5.54 Å². The van der Waals surface area contributed by atoms with E-state index in [2.05, 4.69) is 15.6 Å². The lowest BCUT2D eigenvalue weighted by Gasteiger charge is -2.24. The molecule has 19 heavy (non-hydrogen) atoms. The summed E-state index contributed by atoms with van der Waals surface area (Å²) in [5, 5.41) is 9.25. The van der Waals surface area contributed by atoms with Crippen molar-refractivity contribution in [1.82, 2.24) is 9.55 Å². The number of imidazole rings is 1. The molecule has 0 aliphatic heterocycles. The third-order valence-corrected chi connectivity index (χ3v) is 4.91. The van der Waals surface area contributed by atoms with Gasteiger partial charge in [-0.3, -0.25) is 0 Å². The summed E-state index contributed by atoms with van der Waals surface area (Å²) in [4.78, 5) is 4.53. The molecule has 4 heteroatoms. The highest BCUT2D eigenvalue weighted by molar-refractivity contribution is 5.17. The van der Waals surface area contributed by atoms with Crippen LogP contribution in [0.4, 0.5) is 0 Å². The first kappa shape index (κ1) is 12.7. The Bertz CT molecular complexity index is 499. The van der Waals surface area contributed by atoms with E-state index in [0.717, 1.165) is 45.1 Å². The molecule has 4 nitrogen and oxygen atoms in total. The molecule has 2 atom stereocenters. The van der Waals surface area contributed by atoms with E-state index in [4.69, 9.17) is 5.73 Å². The van der Waals surface area contributed by atoms with Crippen molar-refractivity contribution in [3.8, 4) is 6.07 Å². The lowest BCUT2D eigenvalue weighted by molar-refractivity contribution is 0.351. The topological polar surface area (TPSA) is 67.6 Å². The van der Waals surface area contributed by atoms with Crippen LogP contribution < -0.4 is 5.73 Å². The zero-order chi connectivity index (χ0) is 13.3. The molecule has 0 radical (unpaired) electrons. The molecule has 0 amide bonds. The maximum absolute atomic E-state index is 9.25. The molecular weight excluding hydrogens is 236 g/mol. The van der Waals surface area contributed by atoms with Crippen LogP contribution in [0.3, 0.4) is 0 Å². The molecule has 2 N–H and O–H groups in total. The number of nitriles is 1. The normalized spacial score (nSPS) is 30.0. The van der Waals surface area contributed by atoms with Crippen molar-refractivity contribution in [3.05, 3.63) is 17.7 Å². The van der Waals surface area contributed by atoms with Crippen LogP contribution >= 0.6 is 0 Å². The molecule has 0 aromatic carbocycles. The van der Waals surface area contributed by atoms with E-state index >= 15 is 0 Å². The predicted molar refractivity (Wildman–Crippen MR) is 73.4 cm³/mol. The first-order chi connectivity index (χ1) is 9.23. The first-order valence-electron chi connectivity index (χ1n) is 7.46. The van der Waals surface area contributed by atoms with Gasteiger partial charge in [-0.1, -0.05) is 6.42 Å². The summed E-state index contributed by atoms with van der Waals surface area (Å²) in [6.45, 7) is 0.966. The molecule has 1 saturated carbocycles. The molecule has 3 rings (SSSR count). The Kier molecular flexibility index (Phi) is 3.32. The average molecular weight is 258 g/mol. The second-order valence-electron chi connectivity index (χ2n) is 6.07. The monoisotopic (exact) mass is 258 g/mol. The Morgan fingerprint density at radius 2 is 2.26 bits per heavy atom. The van der Waals surface area contributed by atoms with Gasteiger partial charge in [0.2, 0.25) is 0 Å². The summed E-state index contributed by atoms with van der Waals surface area (Å²) in [6.07, 6.45) is 10.9. The first-order valence-corrected chi connectivity index (χ1v) is 7.46. The highest BCUT2D eigenvalue weighted by Gasteiger charge is 2.39. The number of fused-ring (bicyclic) bond motifs is 1. The molecule has 2 aliphatic rings. The van der Waals surface area contributed by atoms with Crippen LogP contribution in [0.1, 0.15) is 49.9 Å². The fourth-order valence-electron chi connectivity index (χ4n) is 3.67. The second kappa shape index (κ2) is 4.97. The van der Waals surface area contributed by atoms with Gasteiger partial charge in [0, 0.05) is 12.2 Å². The number of nitrogens with two attached hydrogens (primary N) is 1. The van der Waals surface area contributed by atoms with Crippen LogP contribution in [0.15, 0.2) is 6.33 Å². The number of aromatic nitrogens is 2. The van der Waals surface area contributed by atoms with Gasteiger partial charge in [0.15, 0.2) is 0 Å². The molecule has 2 unspecified atom stereocenters. The Balaban J connectivity index is 1.67. The Hall–Kier alpha value is -1.34. The molecule has 1 heterocycles. The van der Waals surface area contributed by atoms with Crippen LogP contribution in [0.5, 0.6) is 0 Å². The SMILES string of the molecule is N#CC1(N)CCCC1CCn1cnc2c1CCCC2. The summed E-state index contributed by atoms with van der Waals surface area (Å²) in [5.41, 5.74) is 8.32. The van der Waals surface area contributed by atoms with Crippen molar-refractivity contribution in [2.24, 2.45) is 11.7 Å². The van der Waals surface area contributed by atoms with Crippen molar-refractivity contribution < 1.29 is 0 Å². The maximum Gasteiger partial charge on any atom is 0.107 e. The predicted octanol–water partition coefficient (Wildman–Crippen LogP) is 2.17. The fraction of sp³-hybridized carbons (Fsp3) is 0.733. The molecule has 0 spiro atoms. The van der Waals surface area contributed by atoms with E-state index in [1.165, 1.54) is 24.2 Å². The van der Waals surface area contributed by atoms with Crippen molar-refractivity contribution in [2.45, 2.75) is 63.5 Å². The van der Waals surface area contributed by atoms with Gasteiger partial charge in [-0.05, 0) is 50.9 Å². The van der Waals surface area contributed by atoms with Crippen LogP contribution in [0, 0.1) is 17.2 Å². The van der Waals surface area contributed by atoms with E-state index in [1.807, 2.05) is 6.33 Å². The molecular formula is C15H22N4. The summed E-state index contributed by atoms with van der Waals surface area (Å²) in [6, 6.07) is 2.34. The average Bonchev–Trinajstić information content (AvgIpc) is 3.01. The van der Waals surface area contributed by atoms with Gasteiger partial charge in [-0.25, -0.2) is 4.98 Å². The summed E-state index contributed by atoms with van der Waals surface area (Å²) < 4.78 is 2.30. The van der Waals surface area contributed by atoms with Crippen LogP contribution in [-0.2, 0) is 19.4 Å². The van der Waals surface area contributed by atoms with Crippen LogP contribution in [0.2, 0.25) is 0 Å². The van der Waals surface area contributed by atoms with Gasteiger partial charge in [-0.2, -0.15) is 5.26 Å². The third kappa shape index (κ3) is 2.28. The quantitative estimate of drug-likeness (QED) is 0.903. The minimum atomic E-state index is -0.583. The highest BCUT2D eigenvalue weighted by atomic mass is 15.1. The molecule has 102 valence electrons. The highest BCUT2D eigenvalue weighted by Crippen LogP contribution is 2.36. The molecule has 0 bridgehead atoms. The van der Waals surface area contributed by atoms with Crippen molar-refractivity contribution in [3.63, 3.8) is 0 Å². The van der Waals surface area contributed by atoms with E-state index < -0.39 is 5.54 Å². The number of nitrogens with zero attached hydrogens (tertiary/aromatic N) is 3. The summed E-state index contributed by atoms with van der Waals surface area (Å²) >= 11 is 0. The van der Waals surface area contributed by atoms with Crippen molar-refractivity contribution >= 4 is 0 Å². The van der Waals surface area contributed by atoms with E-state index in [0.29, 0.717) is 5.92 Å². The minimum Gasteiger partial charge on any atom is -0.334 e. The van der Waals surface area contributed by atoms with Gasteiger partial charge < -0.3 is 10.3 Å². The van der Waals surface area contributed by atoms with Gasteiger partial charge in [0.05, 0.1) is 18.1 Å². The molecule has 1 aromatic heterocycles. The number of aryl methyl sites for hydroxylation is 2. The van der Waals surface area contributed by atoms with Crippen molar-refractivity contribution in [2.75, 3.05) is 0 Å². The lowest BCUT2D eigenvalue weighted by Crippen LogP contribution is -2.42. The third-order valence-electron chi connectivity index (χ3n) is 4.91. The molecule has 1 aromatic rings. The number of hydrogen-bond donors (Lipinski definition) is 1.